The van der Waals surface area contributed by atoms with E-state index >= 15 is 0 Å². The molecule has 2 aromatic carbocycles. The average Bonchev–Trinajstić information content (AvgIpc) is 2.58. The average molecular weight is 297 g/mol. The van der Waals surface area contributed by atoms with E-state index in [0.717, 1.165) is 25.1 Å². The van der Waals surface area contributed by atoms with Crippen LogP contribution in [-0.2, 0) is 0 Å². The Morgan fingerprint density at radius 2 is 1.73 bits per heavy atom. The summed E-state index contributed by atoms with van der Waals surface area (Å²) in [5.74, 6) is 0.995. The third-order valence-electron chi connectivity index (χ3n) is 4.46. The van der Waals surface area contributed by atoms with Crippen molar-refractivity contribution in [1.82, 2.24) is 5.32 Å². The van der Waals surface area contributed by atoms with Crippen molar-refractivity contribution in [1.29, 1.82) is 0 Å². The van der Waals surface area contributed by atoms with Gasteiger partial charge in [-0.05, 0) is 42.6 Å². The molecule has 1 heterocycles. The third kappa shape index (κ3) is 3.16. The number of aliphatic hydroxyl groups excluding tert-OH is 1. The maximum atomic E-state index is 10.5. The van der Waals surface area contributed by atoms with Crippen LogP contribution in [0.3, 0.4) is 0 Å². The van der Waals surface area contributed by atoms with Gasteiger partial charge in [-0.3, -0.25) is 0 Å². The van der Waals surface area contributed by atoms with Gasteiger partial charge in [0.25, 0.3) is 0 Å². The van der Waals surface area contributed by atoms with E-state index in [1.807, 2.05) is 18.2 Å². The zero-order valence-electron chi connectivity index (χ0n) is 12.9. The summed E-state index contributed by atoms with van der Waals surface area (Å²) in [5.41, 5.74) is 2.43. The third-order valence-corrected chi connectivity index (χ3v) is 4.46. The minimum absolute atomic E-state index is 0.0459. The lowest BCUT2D eigenvalue weighted by atomic mass is 9.80. The summed E-state index contributed by atoms with van der Waals surface area (Å²) in [5, 5.41) is 14.0. The minimum Gasteiger partial charge on any atom is -0.497 e. The van der Waals surface area contributed by atoms with Crippen LogP contribution in [-0.4, -0.2) is 30.9 Å². The normalized spacial score (nSPS) is 23.0. The standard InChI is InChI=1S/C19H23NO2/c1-22-16-11-9-15(10-12-16)18(14-6-3-2-4-7-14)19-17(21)8-5-13-20-19/h2-4,6-7,9-12,17-21H,5,8,13H2,1H3/t17-,18+,19+/m1/s1. The first-order valence-corrected chi connectivity index (χ1v) is 7.90. The summed E-state index contributed by atoms with van der Waals surface area (Å²) in [6.45, 7) is 0.960. The number of hydrogen-bond donors (Lipinski definition) is 2. The predicted molar refractivity (Wildman–Crippen MR) is 88.3 cm³/mol. The summed E-state index contributed by atoms with van der Waals surface area (Å²) in [6, 6.07) is 18.6. The Bertz CT molecular complexity index is 582. The number of ether oxygens (including phenoxy) is 1. The lowest BCUT2D eigenvalue weighted by molar-refractivity contribution is 0.0890. The van der Waals surface area contributed by atoms with E-state index in [2.05, 4.69) is 41.7 Å². The van der Waals surface area contributed by atoms with Crippen LogP contribution < -0.4 is 10.1 Å². The van der Waals surface area contributed by atoms with Crippen molar-refractivity contribution in [2.75, 3.05) is 13.7 Å². The molecular weight excluding hydrogens is 274 g/mol. The number of hydrogen-bond acceptors (Lipinski definition) is 3. The highest BCUT2D eigenvalue weighted by Gasteiger charge is 2.32. The van der Waals surface area contributed by atoms with Gasteiger partial charge in [0.1, 0.15) is 5.75 Å². The van der Waals surface area contributed by atoms with Crippen LogP contribution in [0.25, 0.3) is 0 Å². The molecule has 3 heteroatoms. The molecule has 0 saturated carbocycles. The topological polar surface area (TPSA) is 41.5 Å². The maximum Gasteiger partial charge on any atom is 0.118 e. The molecule has 0 radical (unpaired) electrons. The Labute approximate surface area is 131 Å². The second-order valence-electron chi connectivity index (χ2n) is 5.85. The molecule has 2 aromatic rings. The fraction of sp³-hybridized carbons (Fsp3) is 0.368. The molecule has 1 fully saturated rings. The molecular formula is C19H23NO2. The van der Waals surface area contributed by atoms with Gasteiger partial charge in [0.05, 0.1) is 13.2 Å². The highest BCUT2D eigenvalue weighted by molar-refractivity contribution is 5.38. The van der Waals surface area contributed by atoms with Crippen molar-refractivity contribution >= 4 is 0 Å². The summed E-state index contributed by atoms with van der Waals surface area (Å²) in [6.07, 6.45) is 1.57. The molecule has 0 aromatic heterocycles. The molecule has 0 unspecified atom stereocenters. The monoisotopic (exact) mass is 297 g/mol. The molecule has 2 N–H and O–H groups in total. The number of aliphatic hydroxyl groups is 1. The number of methoxy groups -OCH3 is 1. The Morgan fingerprint density at radius 1 is 1.05 bits per heavy atom. The van der Waals surface area contributed by atoms with Gasteiger partial charge in [-0.25, -0.2) is 0 Å². The van der Waals surface area contributed by atoms with E-state index in [4.69, 9.17) is 4.74 Å². The Balaban J connectivity index is 1.98. The van der Waals surface area contributed by atoms with Gasteiger partial charge < -0.3 is 15.2 Å². The summed E-state index contributed by atoms with van der Waals surface area (Å²) >= 11 is 0. The van der Waals surface area contributed by atoms with Crippen LogP contribution in [0, 0.1) is 0 Å². The van der Waals surface area contributed by atoms with Crippen LogP contribution in [0.5, 0.6) is 5.75 Å². The second-order valence-corrected chi connectivity index (χ2v) is 5.85. The van der Waals surface area contributed by atoms with Crippen molar-refractivity contribution in [2.45, 2.75) is 30.9 Å². The molecule has 0 amide bonds. The number of piperidine rings is 1. The summed E-state index contributed by atoms with van der Waals surface area (Å²) in [4.78, 5) is 0. The maximum absolute atomic E-state index is 10.5. The highest BCUT2D eigenvalue weighted by Crippen LogP contribution is 2.32. The van der Waals surface area contributed by atoms with E-state index in [-0.39, 0.29) is 18.1 Å². The van der Waals surface area contributed by atoms with E-state index in [1.165, 1.54) is 11.1 Å². The van der Waals surface area contributed by atoms with E-state index in [0.29, 0.717) is 0 Å². The van der Waals surface area contributed by atoms with E-state index in [9.17, 15) is 5.11 Å². The fourth-order valence-corrected chi connectivity index (χ4v) is 3.31. The molecule has 22 heavy (non-hydrogen) atoms. The minimum atomic E-state index is -0.318. The molecule has 3 rings (SSSR count). The first-order valence-electron chi connectivity index (χ1n) is 7.90. The van der Waals surface area contributed by atoms with Crippen molar-refractivity contribution in [2.24, 2.45) is 0 Å². The SMILES string of the molecule is COc1ccc([C@H](c2ccccc2)[C@H]2NCCC[C@H]2O)cc1. The molecule has 0 aliphatic carbocycles. The van der Waals surface area contributed by atoms with Crippen LogP contribution in [0.1, 0.15) is 29.9 Å². The zero-order chi connectivity index (χ0) is 15.4. The lowest BCUT2D eigenvalue weighted by Gasteiger charge is -2.36. The van der Waals surface area contributed by atoms with Gasteiger partial charge in [-0.1, -0.05) is 42.5 Å². The van der Waals surface area contributed by atoms with Crippen molar-refractivity contribution < 1.29 is 9.84 Å². The molecule has 116 valence electrons. The fourth-order valence-electron chi connectivity index (χ4n) is 3.31. The van der Waals surface area contributed by atoms with Crippen LogP contribution in [0.2, 0.25) is 0 Å². The number of nitrogens with one attached hydrogen (secondary N) is 1. The molecule has 0 bridgehead atoms. The molecule has 1 aliphatic heterocycles. The van der Waals surface area contributed by atoms with Gasteiger partial charge in [0, 0.05) is 12.0 Å². The quantitative estimate of drug-likeness (QED) is 0.911. The molecule has 1 aliphatic rings. The van der Waals surface area contributed by atoms with Gasteiger partial charge in [0.2, 0.25) is 0 Å². The van der Waals surface area contributed by atoms with Gasteiger partial charge >= 0.3 is 0 Å². The molecule has 1 saturated heterocycles. The largest absolute Gasteiger partial charge is 0.497 e. The Kier molecular flexibility index (Phi) is 4.76. The van der Waals surface area contributed by atoms with Crippen molar-refractivity contribution in [3.8, 4) is 5.75 Å². The van der Waals surface area contributed by atoms with E-state index < -0.39 is 0 Å². The molecule has 3 nitrogen and oxygen atoms in total. The first-order chi connectivity index (χ1) is 10.8. The lowest BCUT2D eigenvalue weighted by Crippen LogP contribution is -2.48. The van der Waals surface area contributed by atoms with Gasteiger partial charge in [-0.15, -0.1) is 0 Å². The van der Waals surface area contributed by atoms with Crippen LogP contribution in [0.15, 0.2) is 54.6 Å². The Morgan fingerprint density at radius 3 is 2.36 bits per heavy atom. The van der Waals surface area contributed by atoms with Crippen molar-refractivity contribution in [3.05, 3.63) is 65.7 Å². The van der Waals surface area contributed by atoms with Crippen LogP contribution in [0.4, 0.5) is 0 Å². The Hall–Kier alpha value is -1.84. The predicted octanol–water partition coefficient (Wildman–Crippen LogP) is 2.94. The second kappa shape index (κ2) is 6.95. The van der Waals surface area contributed by atoms with Gasteiger partial charge in [0.15, 0.2) is 0 Å². The van der Waals surface area contributed by atoms with E-state index in [1.54, 1.807) is 7.11 Å². The molecule has 3 atom stereocenters. The van der Waals surface area contributed by atoms with Gasteiger partial charge in [-0.2, -0.15) is 0 Å². The van der Waals surface area contributed by atoms with Crippen LogP contribution >= 0.6 is 0 Å². The zero-order valence-corrected chi connectivity index (χ0v) is 12.9. The summed E-state index contributed by atoms with van der Waals surface area (Å²) < 4.78 is 5.26. The smallest absolute Gasteiger partial charge is 0.118 e. The summed E-state index contributed by atoms with van der Waals surface area (Å²) in [7, 11) is 1.68. The van der Waals surface area contributed by atoms with Crippen molar-refractivity contribution in [3.63, 3.8) is 0 Å². The number of benzene rings is 2. The number of rotatable bonds is 4. The molecule has 0 spiro atoms. The highest BCUT2D eigenvalue weighted by atomic mass is 16.5. The first kappa shape index (κ1) is 15.1.